The normalized spacial score (nSPS) is 14.6. The van der Waals surface area contributed by atoms with Crippen molar-refractivity contribution in [3.8, 4) is 10.6 Å². The van der Waals surface area contributed by atoms with Gasteiger partial charge in [0.05, 0.1) is 11.1 Å². The Morgan fingerprint density at radius 1 is 0.941 bits per heavy atom. The molecule has 1 saturated heterocycles. The number of hydrogen-bond acceptors (Lipinski definition) is 6. The van der Waals surface area contributed by atoms with Gasteiger partial charge in [-0.15, -0.1) is 0 Å². The molecule has 34 heavy (non-hydrogen) atoms. The van der Waals surface area contributed by atoms with E-state index in [-0.39, 0.29) is 24.2 Å². The largest absolute Gasteiger partial charge is 0.417 e. The third kappa shape index (κ3) is 4.14. The number of fused-ring (bicyclic) bond motifs is 1. The predicted molar refractivity (Wildman–Crippen MR) is 122 cm³/mol. The molecule has 7 nitrogen and oxygen atoms in total. The third-order valence-electron chi connectivity index (χ3n) is 5.61. The highest BCUT2D eigenvalue weighted by molar-refractivity contribution is 7.19. The fourth-order valence-electron chi connectivity index (χ4n) is 3.88. The Balaban J connectivity index is 1.35. The summed E-state index contributed by atoms with van der Waals surface area (Å²) in [6.45, 7) is 1.10. The van der Waals surface area contributed by atoms with Crippen molar-refractivity contribution in [1.82, 2.24) is 19.5 Å². The van der Waals surface area contributed by atoms with Crippen LogP contribution in [0.1, 0.15) is 15.9 Å². The molecule has 1 aliphatic rings. The van der Waals surface area contributed by atoms with Crippen molar-refractivity contribution in [2.75, 3.05) is 31.1 Å². The highest BCUT2D eigenvalue weighted by Crippen LogP contribution is 2.32. The average molecular weight is 485 g/mol. The molecule has 1 amide bonds. The van der Waals surface area contributed by atoms with Crippen molar-refractivity contribution in [2.45, 2.75) is 6.18 Å². The lowest BCUT2D eigenvalue weighted by Gasteiger charge is -2.35. The first-order valence-corrected chi connectivity index (χ1v) is 11.3. The van der Waals surface area contributed by atoms with Gasteiger partial charge >= 0.3 is 6.18 Å². The minimum atomic E-state index is -4.61. The lowest BCUT2D eigenvalue weighted by atomic mass is 10.1. The first-order chi connectivity index (χ1) is 16.3. The van der Waals surface area contributed by atoms with Crippen LogP contribution >= 0.6 is 11.3 Å². The van der Waals surface area contributed by atoms with Crippen molar-refractivity contribution < 1.29 is 18.0 Å². The highest BCUT2D eigenvalue weighted by Gasteiger charge is 2.36. The number of rotatable bonds is 3. The fourth-order valence-corrected chi connectivity index (χ4v) is 4.79. The maximum absolute atomic E-state index is 13.3. The van der Waals surface area contributed by atoms with Crippen LogP contribution in [0.3, 0.4) is 0 Å². The molecule has 0 atom stereocenters. The average Bonchev–Trinajstić information content (AvgIpc) is 3.29. The molecule has 0 radical (unpaired) electrons. The zero-order chi connectivity index (χ0) is 23.9. The minimum absolute atomic E-state index is 0.212. The molecular weight excluding hydrogens is 467 g/mol. The molecule has 0 aliphatic carbocycles. The molecule has 0 saturated carbocycles. The minimum Gasteiger partial charge on any atom is -0.353 e. The maximum Gasteiger partial charge on any atom is 0.417 e. The summed E-state index contributed by atoms with van der Waals surface area (Å²) in [6, 6.07) is 15.6. The standard InChI is InChI=1S/C23H18F3N5O2S/c24-23(25,26)17-9-5-4-8-16(17)21(33)30-12-10-29(11-13-30)18-14-19(32)31-22(27-18)34-20(28-31)15-6-2-1-3-7-15/h1-9,14H,10-13H2. The van der Waals surface area contributed by atoms with Crippen LogP contribution in [-0.2, 0) is 6.18 Å². The third-order valence-corrected chi connectivity index (χ3v) is 6.56. The number of amides is 1. The van der Waals surface area contributed by atoms with Gasteiger partial charge in [0, 0.05) is 37.8 Å². The molecule has 0 spiro atoms. The zero-order valence-electron chi connectivity index (χ0n) is 17.7. The van der Waals surface area contributed by atoms with E-state index in [4.69, 9.17) is 0 Å². The number of hydrogen-bond donors (Lipinski definition) is 0. The summed E-state index contributed by atoms with van der Waals surface area (Å²) in [5, 5.41) is 5.03. The van der Waals surface area contributed by atoms with E-state index >= 15 is 0 Å². The number of carbonyl (C=O) groups excluding carboxylic acids is 1. The van der Waals surface area contributed by atoms with Crippen LogP contribution in [0.5, 0.6) is 0 Å². The first-order valence-electron chi connectivity index (χ1n) is 10.5. The van der Waals surface area contributed by atoms with Gasteiger partial charge in [0.25, 0.3) is 11.5 Å². The van der Waals surface area contributed by atoms with Crippen molar-refractivity contribution in [3.05, 3.63) is 82.1 Å². The van der Waals surface area contributed by atoms with Crippen LogP contribution in [0.15, 0.2) is 65.5 Å². The molecule has 4 aromatic rings. The second-order valence-corrected chi connectivity index (χ2v) is 8.70. The summed E-state index contributed by atoms with van der Waals surface area (Å²) in [4.78, 5) is 33.7. The summed E-state index contributed by atoms with van der Waals surface area (Å²) in [5.41, 5.74) is -0.748. The molecule has 1 fully saturated rings. The van der Waals surface area contributed by atoms with E-state index in [1.165, 1.54) is 45.0 Å². The van der Waals surface area contributed by atoms with Gasteiger partial charge in [0.1, 0.15) is 10.8 Å². The Morgan fingerprint density at radius 2 is 1.62 bits per heavy atom. The van der Waals surface area contributed by atoms with E-state index in [1.807, 2.05) is 35.2 Å². The molecule has 5 rings (SSSR count). The lowest BCUT2D eigenvalue weighted by Crippen LogP contribution is -2.49. The molecule has 2 aromatic carbocycles. The number of aromatic nitrogens is 3. The van der Waals surface area contributed by atoms with Crippen molar-refractivity contribution in [3.63, 3.8) is 0 Å². The van der Waals surface area contributed by atoms with Crippen molar-refractivity contribution in [1.29, 1.82) is 0 Å². The SMILES string of the molecule is O=C(c1ccccc1C(F)(F)F)N1CCN(c2cc(=O)n3nc(-c4ccccc4)sc3n2)CC1. The van der Waals surface area contributed by atoms with Crippen LogP contribution in [0.25, 0.3) is 15.5 Å². The lowest BCUT2D eigenvalue weighted by molar-refractivity contribution is -0.138. The molecule has 11 heteroatoms. The summed E-state index contributed by atoms with van der Waals surface area (Å²) >= 11 is 1.29. The summed E-state index contributed by atoms with van der Waals surface area (Å²) in [5.74, 6) is -0.206. The Hall–Kier alpha value is -3.73. The fraction of sp³-hybridized carbons (Fsp3) is 0.217. The zero-order valence-corrected chi connectivity index (χ0v) is 18.5. The van der Waals surface area contributed by atoms with E-state index in [0.717, 1.165) is 11.6 Å². The van der Waals surface area contributed by atoms with E-state index in [2.05, 4.69) is 10.1 Å². The Morgan fingerprint density at radius 3 is 2.32 bits per heavy atom. The van der Waals surface area contributed by atoms with Crippen LogP contribution < -0.4 is 10.5 Å². The molecule has 0 unspecified atom stereocenters. The van der Waals surface area contributed by atoms with Crippen molar-refractivity contribution in [2.24, 2.45) is 0 Å². The molecule has 3 heterocycles. The quantitative estimate of drug-likeness (QED) is 0.442. The second-order valence-electron chi connectivity index (χ2n) is 7.74. The summed E-state index contributed by atoms with van der Waals surface area (Å²) in [7, 11) is 0. The number of piperazine rings is 1. The Bertz CT molecular complexity index is 1410. The van der Waals surface area contributed by atoms with E-state index < -0.39 is 17.6 Å². The first kappa shape index (κ1) is 22.1. The van der Waals surface area contributed by atoms with E-state index in [1.54, 1.807) is 0 Å². The monoisotopic (exact) mass is 485 g/mol. The maximum atomic E-state index is 13.3. The van der Waals surface area contributed by atoms with Gasteiger partial charge in [-0.25, -0.2) is 4.98 Å². The number of alkyl halides is 3. The van der Waals surface area contributed by atoms with E-state index in [9.17, 15) is 22.8 Å². The van der Waals surface area contributed by atoms with Crippen LogP contribution in [0.4, 0.5) is 19.0 Å². The number of nitrogens with zero attached hydrogens (tertiary/aromatic N) is 5. The smallest absolute Gasteiger partial charge is 0.353 e. The summed E-state index contributed by atoms with van der Waals surface area (Å²) in [6.07, 6.45) is -4.61. The number of anilines is 1. The van der Waals surface area contributed by atoms with Gasteiger partial charge in [-0.1, -0.05) is 53.8 Å². The summed E-state index contributed by atoms with van der Waals surface area (Å²) < 4.78 is 41.2. The number of benzene rings is 2. The van der Waals surface area contributed by atoms with E-state index in [0.29, 0.717) is 28.9 Å². The molecular formula is C23H18F3N5O2S. The Labute approximate surface area is 195 Å². The van der Waals surface area contributed by atoms with Gasteiger partial charge in [-0.3, -0.25) is 9.59 Å². The van der Waals surface area contributed by atoms with Crippen molar-refractivity contribution >= 4 is 28.0 Å². The molecule has 2 aromatic heterocycles. The Kier molecular flexibility index (Phi) is 5.56. The van der Waals surface area contributed by atoms with Gasteiger partial charge in [-0.05, 0) is 12.1 Å². The predicted octanol–water partition coefficient (Wildman–Crippen LogP) is 3.80. The topological polar surface area (TPSA) is 70.8 Å². The van der Waals surface area contributed by atoms with Gasteiger partial charge < -0.3 is 9.80 Å². The second kappa shape index (κ2) is 8.56. The van der Waals surface area contributed by atoms with Crippen LogP contribution in [0.2, 0.25) is 0 Å². The van der Waals surface area contributed by atoms with Gasteiger partial charge in [0.15, 0.2) is 0 Å². The number of carbonyl (C=O) groups is 1. The molecule has 0 bridgehead atoms. The molecule has 1 aliphatic heterocycles. The van der Waals surface area contributed by atoms with Gasteiger partial charge in [-0.2, -0.15) is 22.8 Å². The van der Waals surface area contributed by atoms with Crippen LogP contribution in [0, 0.1) is 0 Å². The molecule has 174 valence electrons. The van der Waals surface area contributed by atoms with Gasteiger partial charge in [0.2, 0.25) is 4.96 Å². The number of halogens is 3. The van der Waals surface area contributed by atoms with Crippen LogP contribution in [-0.4, -0.2) is 51.6 Å². The highest BCUT2D eigenvalue weighted by atomic mass is 32.1. The molecule has 0 N–H and O–H groups in total.